The molecule has 0 bridgehead atoms. The predicted octanol–water partition coefficient (Wildman–Crippen LogP) is 1.42. The van der Waals surface area contributed by atoms with Gasteiger partial charge < -0.3 is 5.11 Å². The van der Waals surface area contributed by atoms with Gasteiger partial charge in [-0.15, -0.1) is 0 Å². The number of carboxylic acid groups (broad SMARTS) is 1. The van der Waals surface area contributed by atoms with E-state index in [4.69, 9.17) is 5.11 Å². The minimum atomic E-state index is -1.47. The molecule has 0 aliphatic carbocycles. The molecule has 4 nitrogen and oxygen atoms in total. The summed E-state index contributed by atoms with van der Waals surface area (Å²) in [5, 5.41) is 8.57. The smallest absolute Gasteiger partial charge is 0.329 e. The van der Waals surface area contributed by atoms with Crippen LogP contribution >= 0.6 is 0 Å². The quantitative estimate of drug-likeness (QED) is 0.788. The molecule has 1 unspecified atom stereocenters. The number of amides is 1. The summed E-state index contributed by atoms with van der Waals surface area (Å²) in [7, 11) is 0. The average Bonchev–Trinajstić information content (AvgIpc) is 2.26. The highest BCUT2D eigenvalue weighted by Crippen LogP contribution is 2.10. The lowest BCUT2D eigenvalue weighted by Gasteiger charge is -2.18. The maximum atomic E-state index is 13.2. The Morgan fingerprint density at radius 1 is 1.38 bits per heavy atom. The van der Waals surface area contributed by atoms with Crippen LogP contribution < -0.4 is 0 Å². The number of aliphatic carboxylic acids is 1. The maximum absolute atomic E-state index is 13.2. The first-order valence-corrected chi connectivity index (χ1v) is 4.74. The zero-order valence-corrected chi connectivity index (χ0v) is 8.76. The molecule has 1 amide bonds. The number of rotatable bonds is 4. The molecule has 0 aromatic heterocycles. The molecular formula is C11H12FNO3. The number of hydrogen-bond donors (Lipinski definition) is 1. The molecule has 1 rings (SSSR count). The van der Waals surface area contributed by atoms with Crippen molar-refractivity contribution in [3.63, 3.8) is 0 Å². The van der Waals surface area contributed by atoms with Gasteiger partial charge in [-0.1, -0.05) is 34.8 Å². The third-order valence-electron chi connectivity index (χ3n) is 2.13. The molecule has 0 aliphatic rings. The van der Waals surface area contributed by atoms with E-state index >= 15 is 0 Å². The van der Waals surface area contributed by atoms with Gasteiger partial charge in [-0.25, -0.2) is 4.79 Å². The van der Waals surface area contributed by atoms with Gasteiger partial charge in [-0.3, -0.25) is 4.79 Å². The van der Waals surface area contributed by atoms with Gasteiger partial charge in [0.05, 0.1) is 0 Å². The highest BCUT2D eigenvalue weighted by atomic mass is 19.2. The number of carboxylic acids is 1. The van der Waals surface area contributed by atoms with Crippen LogP contribution in [0, 0.1) is 0 Å². The SMILES string of the molecule is CC(=O)N(F)C(Cc1ccccc1)C(=O)O. The number of nitrogens with zero attached hydrogens (tertiary/aromatic N) is 1. The molecule has 0 radical (unpaired) electrons. The molecule has 16 heavy (non-hydrogen) atoms. The first kappa shape index (κ1) is 12.2. The molecule has 86 valence electrons. The van der Waals surface area contributed by atoms with Crippen LogP contribution in [0.15, 0.2) is 30.3 Å². The van der Waals surface area contributed by atoms with Crippen molar-refractivity contribution in [2.45, 2.75) is 19.4 Å². The highest BCUT2D eigenvalue weighted by molar-refractivity contribution is 5.81. The third kappa shape index (κ3) is 3.05. The van der Waals surface area contributed by atoms with Crippen LogP contribution in [-0.4, -0.2) is 28.1 Å². The predicted molar refractivity (Wildman–Crippen MR) is 55.2 cm³/mol. The lowest BCUT2D eigenvalue weighted by atomic mass is 10.1. The van der Waals surface area contributed by atoms with E-state index in [0.717, 1.165) is 6.92 Å². The fraction of sp³-hybridized carbons (Fsp3) is 0.273. The lowest BCUT2D eigenvalue weighted by molar-refractivity contribution is -0.164. The maximum Gasteiger partial charge on any atom is 0.329 e. The summed E-state index contributed by atoms with van der Waals surface area (Å²) in [5.74, 6) is -2.27. The van der Waals surface area contributed by atoms with Crippen LogP contribution in [-0.2, 0) is 16.0 Å². The van der Waals surface area contributed by atoms with E-state index in [1.807, 2.05) is 0 Å². The molecular weight excluding hydrogens is 213 g/mol. The Labute approximate surface area is 92.2 Å². The van der Waals surface area contributed by atoms with Crippen LogP contribution in [0.5, 0.6) is 0 Å². The topological polar surface area (TPSA) is 57.6 Å². The summed E-state index contributed by atoms with van der Waals surface area (Å²) >= 11 is 0. The number of benzene rings is 1. The first-order valence-electron chi connectivity index (χ1n) is 4.74. The zero-order valence-electron chi connectivity index (χ0n) is 8.76. The normalized spacial score (nSPS) is 11.9. The van der Waals surface area contributed by atoms with Crippen molar-refractivity contribution in [2.75, 3.05) is 0 Å². The van der Waals surface area contributed by atoms with Gasteiger partial charge in [-0.05, 0) is 5.56 Å². The number of hydrogen-bond acceptors (Lipinski definition) is 2. The van der Waals surface area contributed by atoms with Crippen molar-refractivity contribution in [2.24, 2.45) is 0 Å². The molecule has 0 spiro atoms. The van der Waals surface area contributed by atoms with Crippen molar-refractivity contribution >= 4 is 11.9 Å². The molecule has 5 heteroatoms. The van der Waals surface area contributed by atoms with Crippen LogP contribution in [0.2, 0.25) is 0 Å². The van der Waals surface area contributed by atoms with E-state index in [1.165, 1.54) is 0 Å². The van der Waals surface area contributed by atoms with Crippen molar-refractivity contribution in [3.05, 3.63) is 35.9 Å². The molecule has 1 aromatic rings. The number of carbonyl (C=O) groups is 2. The largest absolute Gasteiger partial charge is 0.480 e. The van der Waals surface area contributed by atoms with Crippen molar-refractivity contribution in [1.82, 2.24) is 5.12 Å². The van der Waals surface area contributed by atoms with Crippen molar-refractivity contribution < 1.29 is 19.2 Å². The Morgan fingerprint density at radius 3 is 2.38 bits per heavy atom. The molecule has 0 fully saturated rings. The van der Waals surface area contributed by atoms with E-state index in [2.05, 4.69) is 0 Å². The second kappa shape index (κ2) is 5.25. The van der Waals surface area contributed by atoms with Gasteiger partial charge in [0.15, 0.2) is 6.04 Å². The molecule has 0 saturated carbocycles. The molecule has 0 aliphatic heterocycles. The fourth-order valence-corrected chi connectivity index (χ4v) is 1.32. The first-order chi connectivity index (χ1) is 7.52. The Bertz CT molecular complexity index is 380. The van der Waals surface area contributed by atoms with Gasteiger partial charge in [0, 0.05) is 13.3 Å². The molecule has 1 atom stereocenters. The van der Waals surface area contributed by atoms with Crippen LogP contribution in [0.4, 0.5) is 4.48 Å². The second-order valence-corrected chi connectivity index (χ2v) is 3.37. The zero-order chi connectivity index (χ0) is 12.1. The average molecular weight is 225 g/mol. The van der Waals surface area contributed by atoms with Gasteiger partial charge >= 0.3 is 5.97 Å². The summed E-state index contributed by atoms with van der Waals surface area (Å²) in [6.07, 6.45) is -0.0494. The summed E-state index contributed by atoms with van der Waals surface area (Å²) in [5.41, 5.74) is 0.666. The molecule has 0 saturated heterocycles. The Morgan fingerprint density at radius 2 is 1.94 bits per heavy atom. The minimum absolute atomic E-state index is 0.0494. The van der Waals surface area contributed by atoms with Crippen LogP contribution in [0.3, 0.4) is 0 Å². The Hall–Kier alpha value is -1.91. The lowest BCUT2D eigenvalue weighted by Crippen LogP contribution is -2.40. The van der Waals surface area contributed by atoms with E-state index in [9.17, 15) is 14.1 Å². The fourth-order valence-electron chi connectivity index (χ4n) is 1.32. The van der Waals surface area contributed by atoms with Crippen molar-refractivity contribution in [3.8, 4) is 0 Å². The van der Waals surface area contributed by atoms with E-state index < -0.39 is 17.9 Å². The molecule has 1 N–H and O–H groups in total. The monoisotopic (exact) mass is 225 g/mol. The summed E-state index contributed by atoms with van der Waals surface area (Å²) in [6.45, 7) is 0.987. The van der Waals surface area contributed by atoms with Crippen molar-refractivity contribution in [1.29, 1.82) is 0 Å². The summed E-state index contributed by atoms with van der Waals surface area (Å²) in [4.78, 5) is 21.6. The Kier molecular flexibility index (Phi) is 3.99. The van der Waals surface area contributed by atoms with E-state index in [1.54, 1.807) is 30.3 Å². The molecule has 0 heterocycles. The minimum Gasteiger partial charge on any atom is -0.480 e. The third-order valence-corrected chi connectivity index (χ3v) is 2.13. The van der Waals surface area contributed by atoms with Gasteiger partial charge in [0.2, 0.25) is 5.91 Å². The summed E-state index contributed by atoms with van der Waals surface area (Å²) in [6, 6.07) is 7.13. The number of halogens is 1. The van der Waals surface area contributed by atoms with Crippen LogP contribution in [0.25, 0.3) is 0 Å². The Balaban J connectivity index is 2.81. The second-order valence-electron chi connectivity index (χ2n) is 3.37. The van der Waals surface area contributed by atoms with Crippen LogP contribution in [0.1, 0.15) is 12.5 Å². The van der Waals surface area contributed by atoms with Gasteiger partial charge in [-0.2, -0.15) is 5.12 Å². The van der Waals surface area contributed by atoms with E-state index in [-0.39, 0.29) is 11.5 Å². The molecule has 1 aromatic carbocycles. The van der Waals surface area contributed by atoms with E-state index in [0.29, 0.717) is 5.56 Å². The summed E-state index contributed by atoms with van der Waals surface area (Å²) < 4.78 is 13.2. The van der Waals surface area contributed by atoms with Gasteiger partial charge in [0.25, 0.3) is 0 Å². The van der Waals surface area contributed by atoms with Gasteiger partial charge in [0.1, 0.15) is 0 Å². The highest BCUT2D eigenvalue weighted by Gasteiger charge is 2.28. The number of carbonyl (C=O) groups excluding carboxylic acids is 1. The standard InChI is InChI=1S/C11H12FNO3/c1-8(14)13(12)10(11(15)16)7-9-5-3-2-4-6-9/h2-6,10H,7H2,1H3,(H,15,16).